The van der Waals surface area contributed by atoms with E-state index in [1.807, 2.05) is 17.5 Å². The van der Waals surface area contributed by atoms with Crippen molar-refractivity contribution in [3.63, 3.8) is 0 Å². The molecule has 1 aliphatic heterocycles. The van der Waals surface area contributed by atoms with Crippen LogP contribution in [0.15, 0.2) is 46.7 Å². The molecule has 2 aromatic rings. The maximum absolute atomic E-state index is 13.2. The molecular weight excluding hydrogens is 428 g/mol. The lowest BCUT2D eigenvalue weighted by Gasteiger charge is -2.34. The maximum atomic E-state index is 13.2. The summed E-state index contributed by atoms with van der Waals surface area (Å²) in [6.45, 7) is 0.677. The summed E-state index contributed by atoms with van der Waals surface area (Å²) in [5.41, 5.74) is 2.36. The molecular formula is C20H24N2O6S2. The van der Waals surface area contributed by atoms with E-state index in [0.29, 0.717) is 19.4 Å². The van der Waals surface area contributed by atoms with Gasteiger partial charge in [-0.2, -0.15) is 0 Å². The third-order valence-corrected chi connectivity index (χ3v) is 8.61. The van der Waals surface area contributed by atoms with Crippen LogP contribution in [-0.4, -0.2) is 49.9 Å². The molecule has 0 radical (unpaired) electrons. The van der Waals surface area contributed by atoms with Gasteiger partial charge in [0.15, 0.2) is 14.6 Å². The quantitative estimate of drug-likeness (QED) is 0.412. The van der Waals surface area contributed by atoms with Crippen LogP contribution in [-0.2, 0) is 37.0 Å². The predicted octanol–water partition coefficient (Wildman–Crippen LogP) is 1.48. The summed E-state index contributed by atoms with van der Waals surface area (Å²) in [5, 5.41) is 13.9. The normalized spacial score (nSPS) is 16.0. The summed E-state index contributed by atoms with van der Waals surface area (Å²) in [7, 11) is -4.04. The lowest BCUT2D eigenvalue weighted by Crippen LogP contribution is -2.54. The molecule has 0 bridgehead atoms. The van der Waals surface area contributed by atoms with Gasteiger partial charge in [0, 0.05) is 24.6 Å². The molecule has 3 rings (SSSR count). The Morgan fingerprint density at radius 2 is 1.83 bits per heavy atom. The third kappa shape index (κ3) is 4.72. The molecule has 1 aromatic heterocycles. The zero-order valence-corrected chi connectivity index (χ0v) is 17.9. The molecule has 30 heavy (non-hydrogen) atoms. The largest absolute Gasteiger partial charge is 0.381 e. The first-order chi connectivity index (χ1) is 14.4. The lowest BCUT2D eigenvalue weighted by molar-refractivity contribution is -0.134. The van der Waals surface area contributed by atoms with Crippen molar-refractivity contribution in [1.29, 1.82) is 0 Å². The van der Waals surface area contributed by atoms with Crippen molar-refractivity contribution < 1.29 is 28.0 Å². The molecule has 10 heteroatoms. The number of carbonyl (C=O) groups excluding carboxylic acids is 2. The number of amides is 2. The molecule has 0 spiro atoms. The van der Waals surface area contributed by atoms with Gasteiger partial charge in [-0.1, -0.05) is 18.2 Å². The molecule has 162 valence electrons. The Balaban J connectivity index is 1.64. The summed E-state index contributed by atoms with van der Waals surface area (Å²) in [5.74, 6) is -1.00. The average Bonchev–Trinajstić information content (AvgIpc) is 3.27. The maximum Gasteiger partial charge on any atom is 0.265 e. The highest BCUT2D eigenvalue weighted by Gasteiger charge is 2.52. The molecule has 1 aliphatic rings. The van der Waals surface area contributed by atoms with Crippen LogP contribution < -0.4 is 10.8 Å². The molecule has 8 nitrogen and oxygen atoms in total. The molecule has 0 atom stereocenters. The number of hydroxylamine groups is 1. The third-order valence-electron chi connectivity index (χ3n) is 5.21. The molecule has 1 fully saturated rings. The summed E-state index contributed by atoms with van der Waals surface area (Å²) >= 11 is 1.53. The van der Waals surface area contributed by atoms with Gasteiger partial charge in [-0.05, 0) is 48.4 Å². The van der Waals surface area contributed by atoms with Crippen molar-refractivity contribution in [2.75, 3.05) is 19.8 Å². The number of ether oxygens (including phenoxy) is 1. The molecule has 1 saturated heterocycles. The SMILES string of the molecule is O=C(Cc1cccs1)NCCc1ccc(S(=O)(=O)C2(C(=O)NO)CCOCC2)cc1. The van der Waals surface area contributed by atoms with Gasteiger partial charge in [-0.3, -0.25) is 14.8 Å². The fraction of sp³-hybridized carbons (Fsp3) is 0.400. The molecule has 2 heterocycles. The summed E-state index contributed by atoms with van der Waals surface area (Å²) in [4.78, 5) is 25.2. The molecule has 0 saturated carbocycles. The number of sulfone groups is 1. The second-order valence-electron chi connectivity index (χ2n) is 7.05. The van der Waals surface area contributed by atoms with E-state index < -0.39 is 20.5 Å². The van der Waals surface area contributed by atoms with Gasteiger partial charge in [-0.25, -0.2) is 13.9 Å². The van der Waals surface area contributed by atoms with E-state index in [1.165, 1.54) is 28.9 Å². The van der Waals surface area contributed by atoms with Crippen molar-refractivity contribution >= 4 is 33.0 Å². The topological polar surface area (TPSA) is 122 Å². The average molecular weight is 453 g/mol. The van der Waals surface area contributed by atoms with Crippen LogP contribution in [0.3, 0.4) is 0 Å². The molecule has 3 N–H and O–H groups in total. The van der Waals surface area contributed by atoms with E-state index in [0.717, 1.165) is 10.4 Å². The van der Waals surface area contributed by atoms with E-state index in [4.69, 9.17) is 9.94 Å². The van der Waals surface area contributed by atoms with E-state index in [2.05, 4.69) is 5.32 Å². The highest BCUT2D eigenvalue weighted by molar-refractivity contribution is 7.93. The fourth-order valence-corrected chi connectivity index (χ4v) is 6.10. The van der Waals surface area contributed by atoms with Gasteiger partial charge < -0.3 is 10.1 Å². The van der Waals surface area contributed by atoms with Gasteiger partial charge in [0.25, 0.3) is 5.91 Å². The highest BCUT2D eigenvalue weighted by atomic mass is 32.2. The number of hydrogen-bond acceptors (Lipinski definition) is 7. The molecule has 2 amide bonds. The van der Waals surface area contributed by atoms with Gasteiger partial charge in [-0.15, -0.1) is 11.3 Å². The first-order valence-corrected chi connectivity index (χ1v) is 11.9. The molecule has 0 aliphatic carbocycles. The van der Waals surface area contributed by atoms with E-state index >= 15 is 0 Å². The van der Waals surface area contributed by atoms with Crippen molar-refractivity contribution in [3.8, 4) is 0 Å². The number of thiophene rings is 1. The van der Waals surface area contributed by atoms with E-state index in [1.54, 1.807) is 12.1 Å². The Hall–Kier alpha value is -2.27. The number of carbonyl (C=O) groups is 2. The van der Waals surface area contributed by atoms with Crippen LogP contribution in [0, 0.1) is 0 Å². The Morgan fingerprint density at radius 1 is 1.13 bits per heavy atom. The lowest BCUT2D eigenvalue weighted by atomic mass is 9.98. The predicted molar refractivity (Wildman–Crippen MR) is 111 cm³/mol. The number of benzene rings is 1. The number of nitrogens with one attached hydrogen (secondary N) is 2. The van der Waals surface area contributed by atoms with Crippen LogP contribution in [0.1, 0.15) is 23.3 Å². The van der Waals surface area contributed by atoms with Crippen molar-refractivity contribution in [2.24, 2.45) is 0 Å². The minimum absolute atomic E-state index is 0.0125. The van der Waals surface area contributed by atoms with Crippen LogP contribution in [0.5, 0.6) is 0 Å². The zero-order valence-electron chi connectivity index (χ0n) is 16.3. The monoisotopic (exact) mass is 452 g/mol. The first kappa shape index (κ1) is 22.4. The van der Waals surface area contributed by atoms with Gasteiger partial charge >= 0.3 is 0 Å². The molecule has 0 unspecified atom stereocenters. The van der Waals surface area contributed by atoms with Crippen molar-refractivity contribution in [1.82, 2.24) is 10.8 Å². The molecule has 1 aromatic carbocycles. The Bertz CT molecular complexity index is 965. The highest BCUT2D eigenvalue weighted by Crippen LogP contribution is 2.35. The zero-order chi connectivity index (χ0) is 21.6. The minimum atomic E-state index is -4.04. The van der Waals surface area contributed by atoms with Gasteiger partial charge in [0.1, 0.15) is 0 Å². The first-order valence-electron chi connectivity index (χ1n) is 9.54. The minimum Gasteiger partial charge on any atom is -0.381 e. The standard InChI is InChI=1S/C20H24N2O6S2/c23-18(14-16-2-1-13-29-16)21-10-7-15-3-5-17(6-4-15)30(26,27)20(19(24)22-25)8-11-28-12-9-20/h1-6,13,25H,7-12,14H2,(H,21,23)(H,22,24). The van der Waals surface area contributed by atoms with Crippen molar-refractivity contribution in [2.45, 2.75) is 35.3 Å². The Kier molecular flexibility index (Phi) is 7.24. The van der Waals surface area contributed by atoms with Crippen molar-refractivity contribution in [3.05, 3.63) is 52.2 Å². The Morgan fingerprint density at radius 3 is 2.43 bits per heavy atom. The number of hydrogen-bond donors (Lipinski definition) is 3. The van der Waals surface area contributed by atoms with Crippen LogP contribution in [0.25, 0.3) is 0 Å². The second kappa shape index (κ2) is 9.69. The Labute approximate surface area is 179 Å². The van der Waals surface area contributed by atoms with E-state index in [9.17, 15) is 18.0 Å². The summed E-state index contributed by atoms with van der Waals surface area (Å²) in [6, 6.07) is 10.1. The smallest absolute Gasteiger partial charge is 0.265 e. The summed E-state index contributed by atoms with van der Waals surface area (Å²) < 4.78 is 29.8. The van der Waals surface area contributed by atoms with Gasteiger partial charge in [0.05, 0.1) is 11.3 Å². The second-order valence-corrected chi connectivity index (χ2v) is 10.3. The summed E-state index contributed by atoms with van der Waals surface area (Å²) in [6.07, 6.45) is 0.833. The fourth-order valence-electron chi connectivity index (χ4n) is 3.46. The van der Waals surface area contributed by atoms with Crippen LogP contribution in [0.4, 0.5) is 0 Å². The van der Waals surface area contributed by atoms with Gasteiger partial charge in [0.2, 0.25) is 5.91 Å². The van der Waals surface area contributed by atoms with Crippen LogP contribution >= 0.6 is 11.3 Å². The van der Waals surface area contributed by atoms with Crippen LogP contribution in [0.2, 0.25) is 0 Å². The van der Waals surface area contributed by atoms with E-state index in [-0.39, 0.29) is 36.9 Å². The number of rotatable bonds is 8.